The first-order valence-corrected chi connectivity index (χ1v) is 7.14. The molecular weight excluding hydrogens is 349 g/mol. The predicted molar refractivity (Wildman–Crippen MR) is 82.9 cm³/mol. The van der Waals surface area contributed by atoms with Crippen molar-refractivity contribution in [3.63, 3.8) is 0 Å². The molecule has 0 spiro atoms. The van der Waals surface area contributed by atoms with Crippen LogP contribution in [0.25, 0.3) is 0 Å². The van der Waals surface area contributed by atoms with E-state index in [1.54, 1.807) is 0 Å². The van der Waals surface area contributed by atoms with Crippen LogP contribution < -0.4 is 15.8 Å². The molecule has 1 unspecified atom stereocenters. The van der Waals surface area contributed by atoms with Crippen LogP contribution in [0.5, 0.6) is 5.75 Å². The molecule has 4 N–H and O–H groups in total. The molecular formula is C14H14ClF3N4O2. The Morgan fingerprint density at radius 2 is 2.04 bits per heavy atom. The number of aliphatic hydroxyl groups is 1. The molecule has 0 radical (unpaired) electrons. The van der Waals surface area contributed by atoms with Gasteiger partial charge in [0.25, 0.3) is 0 Å². The number of benzene rings is 1. The van der Waals surface area contributed by atoms with Crippen molar-refractivity contribution in [3.05, 3.63) is 41.0 Å². The molecule has 130 valence electrons. The number of halogens is 4. The molecule has 10 heteroatoms. The Morgan fingerprint density at radius 1 is 1.29 bits per heavy atom. The second kappa shape index (κ2) is 7.54. The third-order valence-electron chi connectivity index (χ3n) is 2.83. The number of anilines is 2. The van der Waals surface area contributed by atoms with E-state index in [2.05, 4.69) is 15.3 Å². The van der Waals surface area contributed by atoms with Gasteiger partial charge in [0.15, 0.2) is 0 Å². The fourth-order valence-corrected chi connectivity index (χ4v) is 1.95. The Balaban J connectivity index is 1.86. The van der Waals surface area contributed by atoms with Gasteiger partial charge in [0, 0.05) is 12.6 Å². The second-order valence-corrected chi connectivity index (χ2v) is 5.19. The Hall–Kier alpha value is -2.26. The molecule has 0 aliphatic carbocycles. The monoisotopic (exact) mass is 362 g/mol. The molecule has 0 fully saturated rings. The SMILES string of the molecule is Nc1nc(Cl)cc(NCC(O)COc2cccc(C(F)(F)F)c2)n1. The third kappa shape index (κ3) is 5.43. The Labute approximate surface area is 140 Å². The first-order valence-electron chi connectivity index (χ1n) is 6.76. The van der Waals surface area contributed by atoms with Gasteiger partial charge in [0.05, 0.1) is 5.56 Å². The van der Waals surface area contributed by atoms with Crippen molar-refractivity contribution in [1.29, 1.82) is 0 Å². The summed E-state index contributed by atoms with van der Waals surface area (Å²) in [5, 5.41) is 12.7. The first-order chi connectivity index (χ1) is 11.2. The van der Waals surface area contributed by atoms with Gasteiger partial charge in [-0.1, -0.05) is 17.7 Å². The molecule has 0 aliphatic rings. The summed E-state index contributed by atoms with van der Waals surface area (Å²) in [7, 11) is 0. The number of nitrogens with two attached hydrogens (primary N) is 1. The number of nitrogen functional groups attached to an aromatic ring is 1. The summed E-state index contributed by atoms with van der Waals surface area (Å²) in [6.07, 6.45) is -5.44. The lowest BCUT2D eigenvalue weighted by Gasteiger charge is -2.15. The van der Waals surface area contributed by atoms with Gasteiger partial charge in [-0.15, -0.1) is 0 Å². The minimum Gasteiger partial charge on any atom is -0.491 e. The normalized spacial score (nSPS) is 12.7. The zero-order valence-electron chi connectivity index (χ0n) is 12.2. The van der Waals surface area contributed by atoms with Crippen LogP contribution in [-0.2, 0) is 6.18 Å². The lowest BCUT2D eigenvalue weighted by atomic mass is 10.2. The molecule has 1 aromatic carbocycles. The fourth-order valence-electron chi connectivity index (χ4n) is 1.76. The molecule has 24 heavy (non-hydrogen) atoms. The summed E-state index contributed by atoms with van der Waals surface area (Å²) in [5.74, 6) is 0.295. The maximum atomic E-state index is 12.6. The number of nitrogens with zero attached hydrogens (tertiary/aromatic N) is 2. The van der Waals surface area contributed by atoms with Gasteiger partial charge >= 0.3 is 6.18 Å². The largest absolute Gasteiger partial charge is 0.491 e. The number of hydrogen-bond acceptors (Lipinski definition) is 6. The van der Waals surface area contributed by atoms with Crippen molar-refractivity contribution >= 4 is 23.4 Å². The van der Waals surface area contributed by atoms with Crippen LogP contribution in [0.1, 0.15) is 5.56 Å². The standard InChI is InChI=1S/C14H14ClF3N4O2/c15-11-5-12(22-13(19)21-11)20-6-9(23)7-24-10-3-1-2-8(4-10)14(16,17)18/h1-5,9,23H,6-7H2,(H3,19,20,21,22). The second-order valence-electron chi connectivity index (χ2n) is 4.81. The van der Waals surface area contributed by atoms with E-state index in [-0.39, 0.29) is 30.0 Å². The van der Waals surface area contributed by atoms with Crippen LogP contribution in [0, 0.1) is 0 Å². The van der Waals surface area contributed by atoms with Gasteiger partial charge in [-0.3, -0.25) is 0 Å². The van der Waals surface area contributed by atoms with Crippen molar-refractivity contribution in [2.24, 2.45) is 0 Å². The van der Waals surface area contributed by atoms with Crippen molar-refractivity contribution < 1.29 is 23.0 Å². The maximum absolute atomic E-state index is 12.6. The summed E-state index contributed by atoms with van der Waals surface area (Å²) in [5.41, 5.74) is 4.60. The molecule has 6 nitrogen and oxygen atoms in total. The number of nitrogens with one attached hydrogen (secondary N) is 1. The van der Waals surface area contributed by atoms with E-state index in [9.17, 15) is 18.3 Å². The lowest BCUT2D eigenvalue weighted by molar-refractivity contribution is -0.137. The molecule has 0 saturated heterocycles. The molecule has 1 aromatic heterocycles. The van der Waals surface area contributed by atoms with Gasteiger partial charge in [0.2, 0.25) is 5.95 Å². The van der Waals surface area contributed by atoms with E-state index < -0.39 is 17.8 Å². The third-order valence-corrected chi connectivity index (χ3v) is 3.03. The van der Waals surface area contributed by atoms with E-state index in [0.717, 1.165) is 12.1 Å². The van der Waals surface area contributed by atoms with E-state index >= 15 is 0 Å². The number of aromatic nitrogens is 2. The highest BCUT2D eigenvalue weighted by atomic mass is 35.5. The highest BCUT2D eigenvalue weighted by Gasteiger charge is 2.30. The molecule has 0 aliphatic heterocycles. The number of aliphatic hydroxyl groups excluding tert-OH is 1. The summed E-state index contributed by atoms with van der Waals surface area (Å²) in [6, 6.07) is 5.83. The van der Waals surface area contributed by atoms with Crippen LogP contribution in [0.4, 0.5) is 24.9 Å². The van der Waals surface area contributed by atoms with Gasteiger partial charge in [-0.05, 0) is 18.2 Å². The summed E-state index contributed by atoms with van der Waals surface area (Å²) in [6.45, 7) is -0.172. The van der Waals surface area contributed by atoms with Crippen molar-refractivity contribution in [1.82, 2.24) is 9.97 Å². The predicted octanol–water partition coefficient (Wildman–Crippen LogP) is 2.58. The quantitative estimate of drug-likeness (QED) is 0.684. The Bertz CT molecular complexity index is 680. The number of rotatable bonds is 6. The van der Waals surface area contributed by atoms with Gasteiger partial charge in [0.1, 0.15) is 29.4 Å². The minimum atomic E-state index is -4.45. The van der Waals surface area contributed by atoms with Crippen molar-refractivity contribution in [2.45, 2.75) is 12.3 Å². The molecule has 0 amide bonds. The molecule has 2 rings (SSSR count). The smallest absolute Gasteiger partial charge is 0.416 e. The minimum absolute atomic E-state index is 0.0122. The van der Waals surface area contributed by atoms with Crippen LogP contribution in [0.3, 0.4) is 0 Å². The highest BCUT2D eigenvalue weighted by molar-refractivity contribution is 6.29. The zero-order valence-corrected chi connectivity index (χ0v) is 13.0. The van der Waals surface area contributed by atoms with Gasteiger partial charge in [-0.25, -0.2) is 4.98 Å². The fraction of sp³-hybridized carbons (Fsp3) is 0.286. The Morgan fingerprint density at radius 3 is 2.71 bits per heavy atom. The number of alkyl halides is 3. The van der Waals surface area contributed by atoms with Crippen LogP contribution >= 0.6 is 11.6 Å². The summed E-state index contributed by atoms with van der Waals surface area (Å²) in [4.78, 5) is 7.54. The lowest BCUT2D eigenvalue weighted by Crippen LogP contribution is -2.26. The van der Waals surface area contributed by atoms with Crippen molar-refractivity contribution in [3.8, 4) is 5.75 Å². The Kier molecular flexibility index (Phi) is 5.68. The van der Waals surface area contributed by atoms with Crippen LogP contribution in [-0.4, -0.2) is 34.3 Å². The maximum Gasteiger partial charge on any atom is 0.416 e. The van der Waals surface area contributed by atoms with E-state index in [1.165, 1.54) is 18.2 Å². The number of ether oxygens (including phenoxy) is 1. The van der Waals surface area contributed by atoms with Gasteiger partial charge in [-0.2, -0.15) is 18.2 Å². The first kappa shape index (κ1) is 18.1. The average Bonchev–Trinajstić information content (AvgIpc) is 2.49. The summed E-state index contributed by atoms with van der Waals surface area (Å²) >= 11 is 5.71. The highest BCUT2D eigenvalue weighted by Crippen LogP contribution is 2.31. The zero-order chi connectivity index (χ0) is 17.7. The van der Waals surface area contributed by atoms with E-state index in [0.29, 0.717) is 5.82 Å². The van der Waals surface area contributed by atoms with E-state index in [1.807, 2.05) is 0 Å². The van der Waals surface area contributed by atoms with Crippen LogP contribution in [0.2, 0.25) is 5.15 Å². The molecule has 2 aromatic rings. The molecule has 1 atom stereocenters. The molecule has 1 heterocycles. The average molecular weight is 363 g/mol. The van der Waals surface area contributed by atoms with Gasteiger partial charge < -0.3 is 20.9 Å². The number of hydrogen-bond donors (Lipinski definition) is 3. The van der Waals surface area contributed by atoms with E-state index in [4.69, 9.17) is 22.1 Å². The molecule has 0 saturated carbocycles. The molecule has 0 bridgehead atoms. The summed E-state index contributed by atoms with van der Waals surface area (Å²) < 4.78 is 42.9. The topological polar surface area (TPSA) is 93.3 Å². The van der Waals surface area contributed by atoms with Crippen LogP contribution in [0.15, 0.2) is 30.3 Å². The van der Waals surface area contributed by atoms with Crippen molar-refractivity contribution in [2.75, 3.05) is 24.2 Å².